The fraction of sp³-hybridized carbons (Fsp3) is 0.625. The zero-order chi connectivity index (χ0) is 14.6. The summed E-state index contributed by atoms with van der Waals surface area (Å²) in [6.45, 7) is 3.83. The summed E-state index contributed by atoms with van der Waals surface area (Å²) >= 11 is 0. The quantitative estimate of drug-likeness (QED) is 0.776. The van der Waals surface area contributed by atoms with Crippen LogP contribution in [0, 0.1) is 5.92 Å². The van der Waals surface area contributed by atoms with Crippen molar-refractivity contribution < 1.29 is 8.42 Å². The van der Waals surface area contributed by atoms with Crippen molar-refractivity contribution in [1.82, 2.24) is 4.90 Å². The molecule has 1 unspecified atom stereocenters. The lowest BCUT2D eigenvalue weighted by atomic mass is 9.84. The normalized spacial score (nSPS) is 17.9. The Labute approximate surface area is 122 Å². The summed E-state index contributed by atoms with van der Waals surface area (Å²) < 4.78 is 22.9. The molecule has 112 valence electrons. The highest BCUT2D eigenvalue weighted by Crippen LogP contribution is 2.30. The molecule has 0 bridgehead atoms. The van der Waals surface area contributed by atoms with Crippen molar-refractivity contribution in [2.45, 2.75) is 32.2 Å². The smallest absolute Gasteiger partial charge is 0.148 e. The van der Waals surface area contributed by atoms with Crippen LogP contribution in [-0.4, -0.2) is 38.4 Å². The third-order valence-electron chi connectivity index (χ3n) is 4.30. The molecule has 4 heteroatoms. The Bertz CT molecular complexity index is 509. The monoisotopic (exact) mass is 295 g/mol. The highest BCUT2D eigenvalue weighted by atomic mass is 32.2. The van der Waals surface area contributed by atoms with E-state index in [1.54, 1.807) is 0 Å². The zero-order valence-corrected chi connectivity index (χ0v) is 13.3. The van der Waals surface area contributed by atoms with Crippen molar-refractivity contribution in [3.05, 3.63) is 35.9 Å². The van der Waals surface area contributed by atoms with E-state index in [4.69, 9.17) is 0 Å². The van der Waals surface area contributed by atoms with Gasteiger partial charge in [-0.1, -0.05) is 36.8 Å². The second kappa shape index (κ2) is 6.72. The van der Waals surface area contributed by atoms with Crippen LogP contribution in [0.2, 0.25) is 0 Å². The summed E-state index contributed by atoms with van der Waals surface area (Å²) in [5.41, 5.74) is 1.26. The van der Waals surface area contributed by atoms with Gasteiger partial charge in [0.1, 0.15) is 9.84 Å². The van der Waals surface area contributed by atoms with Gasteiger partial charge in [0.2, 0.25) is 0 Å². The molecule has 1 saturated carbocycles. The molecular formula is C16H25NO2S. The Hall–Kier alpha value is -0.870. The standard InChI is InChI=1S/C16H25NO2S/c1-14(16-9-4-3-5-10-16)17(11-12-20(2,18)19)13-15-7-6-8-15/h3-5,9-10,14-15H,6-8,11-13H2,1-2H3. The summed E-state index contributed by atoms with van der Waals surface area (Å²) in [6.07, 6.45) is 5.22. The van der Waals surface area contributed by atoms with Crippen LogP contribution in [0.1, 0.15) is 37.8 Å². The number of hydrogen-bond donors (Lipinski definition) is 0. The molecule has 0 saturated heterocycles. The average Bonchev–Trinajstić information content (AvgIpc) is 2.36. The van der Waals surface area contributed by atoms with E-state index < -0.39 is 9.84 Å². The number of sulfone groups is 1. The maximum absolute atomic E-state index is 11.4. The Morgan fingerprint density at radius 2 is 1.90 bits per heavy atom. The van der Waals surface area contributed by atoms with Crippen LogP contribution >= 0.6 is 0 Å². The zero-order valence-electron chi connectivity index (χ0n) is 12.5. The molecule has 1 aliphatic rings. The molecule has 20 heavy (non-hydrogen) atoms. The Morgan fingerprint density at radius 1 is 1.25 bits per heavy atom. The van der Waals surface area contributed by atoms with Gasteiger partial charge in [0.05, 0.1) is 5.75 Å². The lowest BCUT2D eigenvalue weighted by molar-refractivity contribution is 0.147. The SMILES string of the molecule is CC(c1ccccc1)N(CCS(C)(=O)=O)CC1CCC1. The first-order valence-electron chi connectivity index (χ1n) is 7.42. The summed E-state index contributed by atoms with van der Waals surface area (Å²) in [4.78, 5) is 2.33. The van der Waals surface area contributed by atoms with Gasteiger partial charge in [-0.15, -0.1) is 0 Å². The van der Waals surface area contributed by atoms with Gasteiger partial charge in [0.15, 0.2) is 0 Å². The summed E-state index contributed by atoms with van der Waals surface area (Å²) in [5, 5.41) is 0. The van der Waals surface area contributed by atoms with Crippen LogP contribution in [0.4, 0.5) is 0 Å². The molecule has 0 aromatic heterocycles. The van der Waals surface area contributed by atoms with Crippen LogP contribution in [0.25, 0.3) is 0 Å². The summed E-state index contributed by atoms with van der Waals surface area (Å²) in [7, 11) is -2.90. The first kappa shape index (κ1) is 15.5. The van der Waals surface area contributed by atoms with Crippen molar-refractivity contribution in [3.8, 4) is 0 Å². The summed E-state index contributed by atoms with van der Waals surface area (Å²) in [6, 6.07) is 10.6. The first-order valence-corrected chi connectivity index (χ1v) is 9.48. The Balaban J connectivity index is 2.04. The topological polar surface area (TPSA) is 37.4 Å². The van der Waals surface area contributed by atoms with Crippen LogP contribution < -0.4 is 0 Å². The minimum atomic E-state index is -2.90. The van der Waals surface area contributed by atoms with E-state index in [0.29, 0.717) is 6.54 Å². The summed E-state index contributed by atoms with van der Waals surface area (Å²) in [5.74, 6) is 0.998. The molecular weight excluding hydrogens is 270 g/mol. The molecule has 0 N–H and O–H groups in total. The second-order valence-corrected chi connectivity index (χ2v) is 8.27. The third-order valence-corrected chi connectivity index (χ3v) is 5.22. The van der Waals surface area contributed by atoms with Crippen LogP contribution in [0.5, 0.6) is 0 Å². The predicted molar refractivity (Wildman–Crippen MR) is 83.5 cm³/mol. The van der Waals surface area contributed by atoms with Crippen molar-refractivity contribution >= 4 is 9.84 Å². The molecule has 1 aliphatic carbocycles. The number of nitrogens with zero attached hydrogens (tertiary/aromatic N) is 1. The fourth-order valence-corrected chi connectivity index (χ4v) is 3.24. The maximum Gasteiger partial charge on any atom is 0.148 e. The molecule has 1 aromatic carbocycles. The van der Waals surface area contributed by atoms with E-state index in [1.165, 1.54) is 31.1 Å². The molecule has 0 aliphatic heterocycles. The van der Waals surface area contributed by atoms with Crippen LogP contribution in [0.15, 0.2) is 30.3 Å². The highest BCUT2D eigenvalue weighted by Gasteiger charge is 2.24. The van der Waals surface area contributed by atoms with Crippen molar-refractivity contribution in [1.29, 1.82) is 0 Å². The number of benzene rings is 1. The van der Waals surface area contributed by atoms with E-state index in [9.17, 15) is 8.42 Å². The van der Waals surface area contributed by atoms with Gasteiger partial charge in [-0.05, 0) is 31.2 Å². The molecule has 1 aromatic rings. The maximum atomic E-state index is 11.4. The lowest BCUT2D eigenvalue weighted by Crippen LogP contribution is -2.37. The molecule has 3 nitrogen and oxygen atoms in total. The number of rotatable bonds is 7. The number of hydrogen-bond acceptors (Lipinski definition) is 3. The van der Waals surface area contributed by atoms with E-state index >= 15 is 0 Å². The molecule has 0 radical (unpaired) electrons. The minimum absolute atomic E-state index is 0.247. The van der Waals surface area contributed by atoms with Gasteiger partial charge in [-0.2, -0.15) is 0 Å². The minimum Gasteiger partial charge on any atom is -0.295 e. The highest BCUT2D eigenvalue weighted by molar-refractivity contribution is 7.90. The van der Waals surface area contributed by atoms with Gasteiger partial charge in [0, 0.05) is 25.4 Å². The molecule has 0 amide bonds. The lowest BCUT2D eigenvalue weighted by Gasteiger charge is -2.36. The van der Waals surface area contributed by atoms with Gasteiger partial charge in [-0.25, -0.2) is 8.42 Å². The van der Waals surface area contributed by atoms with Crippen molar-refractivity contribution in [2.75, 3.05) is 25.1 Å². The average molecular weight is 295 g/mol. The van der Waals surface area contributed by atoms with Crippen molar-refractivity contribution in [3.63, 3.8) is 0 Å². The van der Waals surface area contributed by atoms with Gasteiger partial charge in [-0.3, -0.25) is 4.90 Å². The van der Waals surface area contributed by atoms with E-state index in [0.717, 1.165) is 12.5 Å². The molecule has 2 rings (SSSR count). The Morgan fingerprint density at radius 3 is 2.40 bits per heavy atom. The first-order chi connectivity index (χ1) is 9.46. The van der Waals surface area contributed by atoms with E-state index in [2.05, 4.69) is 24.0 Å². The van der Waals surface area contributed by atoms with Gasteiger partial charge >= 0.3 is 0 Å². The predicted octanol–water partition coefficient (Wildman–Crippen LogP) is 2.89. The molecule has 0 heterocycles. The Kier molecular flexibility index (Phi) is 5.22. The second-order valence-electron chi connectivity index (χ2n) is 6.01. The van der Waals surface area contributed by atoms with E-state index in [1.807, 2.05) is 18.2 Å². The molecule has 0 spiro atoms. The molecule has 1 atom stereocenters. The fourth-order valence-electron chi connectivity index (χ4n) is 2.68. The largest absolute Gasteiger partial charge is 0.295 e. The van der Waals surface area contributed by atoms with Crippen LogP contribution in [0.3, 0.4) is 0 Å². The third kappa shape index (κ3) is 4.60. The van der Waals surface area contributed by atoms with E-state index in [-0.39, 0.29) is 11.8 Å². The van der Waals surface area contributed by atoms with Gasteiger partial charge in [0.25, 0.3) is 0 Å². The van der Waals surface area contributed by atoms with Gasteiger partial charge < -0.3 is 0 Å². The van der Waals surface area contributed by atoms with Crippen molar-refractivity contribution in [2.24, 2.45) is 5.92 Å². The molecule has 1 fully saturated rings. The van der Waals surface area contributed by atoms with Crippen LogP contribution in [-0.2, 0) is 9.84 Å².